The molecule has 6 heteroatoms. The van der Waals surface area contributed by atoms with Gasteiger partial charge in [0.2, 0.25) is 0 Å². The summed E-state index contributed by atoms with van der Waals surface area (Å²) in [6.07, 6.45) is 0.792. The summed E-state index contributed by atoms with van der Waals surface area (Å²) in [4.78, 5) is 10.6. The molecular weight excluding hydrogens is 256 g/mol. The molecular formula is C14H20N4O2. The van der Waals surface area contributed by atoms with Crippen molar-refractivity contribution < 1.29 is 4.92 Å². The van der Waals surface area contributed by atoms with Crippen LogP contribution < -0.4 is 11.1 Å². The summed E-state index contributed by atoms with van der Waals surface area (Å²) in [6.45, 7) is 6.45. The van der Waals surface area contributed by atoms with Crippen molar-refractivity contribution >= 4 is 11.4 Å². The molecule has 0 saturated carbocycles. The minimum Gasteiger partial charge on any atom is -0.373 e. The van der Waals surface area contributed by atoms with Crippen molar-refractivity contribution in [3.05, 3.63) is 33.9 Å². The molecule has 0 aliphatic rings. The first kappa shape index (κ1) is 15.9. The molecule has 1 atom stereocenters. The van der Waals surface area contributed by atoms with E-state index in [0.29, 0.717) is 18.2 Å². The fourth-order valence-corrected chi connectivity index (χ4v) is 2.27. The van der Waals surface area contributed by atoms with Crippen LogP contribution in [0.4, 0.5) is 11.4 Å². The summed E-state index contributed by atoms with van der Waals surface area (Å²) in [5.41, 5.74) is 5.93. The van der Waals surface area contributed by atoms with Gasteiger partial charge in [-0.15, -0.1) is 0 Å². The summed E-state index contributed by atoms with van der Waals surface area (Å²) in [6, 6.07) is 6.29. The van der Waals surface area contributed by atoms with Gasteiger partial charge in [0, 0.05) is 18.2 Å². The van der Waals surface area contributed by atoms with Gasteiger partial charge in [0.1, 0.15) is 5.69 Å². The standard InChI is InChI=1S/C14H20N4O2/c1-10(2)7-14(3,9-16)17-12-5-4-11(8-15)6-13(12)18(19)20/h4-6,10,17H,7,9,16H2,1-3H3. The maximum Gasteiger partial charge on any atom is 0.293 e. The maximum atomic E-state index is 11.1. The van der Waals surface area contributed by atoms with Crippen LogP contribution >= 0.6 is 0 Å². The third-order valence-corrected chi connectivity index (χ3v) is 3.07. The smallest absolute Gasteiger partial charge is 0.293 e. The highest BCUT2D eigenvalue weighted by Gasteiger charge is 2.27. The Balaban J connectivity index is 3.13. The molecule has 0 spiro atoms. The summed E-state index contributed by atoms with van der Waals surface area (Å²) in [5.74, 6) is 0.411. The zero-order valence-electron chi connectivity index (χ0n) is 12.0. The van der Waals surface area contributed by atoms with E-state index in [2.05, 4.69) is 19.2 Å². The molecule has 0 aliphatic carbocycles. The summed E-state index contributed by atoms with van der Waals surface area (Å²) < 4.78 is 0. The highest BCUT2D eigenvalue weighted by molar-refractivity contribution is 5.65. The van der Waals surface area contributed by atoms with E-state index in [-0.39, 0.29) is 11.3 Å². The second-order valence-electron chi connectivity index (χ2n) is 5.59. The fourth-order valence-electron chi connectivity index (χ4n) is 2.27. The van der Waals surface area contributed by atoms with E-state index in [9.17, 15) is 10.1 Å². The molecule has 1 rings (SSSR count). The van der Waals surface area contributed by atoms with Crippen LogP contribution in [-0.2, 0) is 0 Å². The molecule has 3 N–H and O–H groups in total. The Kier molecular flexibility index (Phi) is 5.06. The van der Waals surface area contributed by atoms with Crippen LogP contribution in [0.2, 0.25) is 0 Å². The van der Waals surface area contributed by atoms with E-state index in [1.54, 1.807) is 12.1 Å². The monoisotopic (exact) mass is 276 g/mol. The average molecular weight is 276 g/mol. The second-order valence-corrected chi connectivity index (χ2v) is 5.59. The normalized spacial score (nSPS) is 13.6. The van der Waals surface area contributed by atoms with E-state index < -0.39 is 10.5 Å². The number of nitrogens with one attached hydrogen (secondary N) is 1. The van der Waals surface area contributed by atoms with Crippen LogP contribution in [0.25, 0.3) is 0 Å². The van der Waals surface area contributed by atoms with Gasteiger partial charge in [0.25, 0.3) is 5.69 Å². The van der Waals surface area contributed by atoms with E-state index in [0.717, 1.165) is 6.42 Å². The Morgan fingerprint density at radius 1 is 1.55 bits per heavy atom. The van der Waals surface area contributed by atoms with Crippen molar-refractivity contribution in [3.8, 4) is 6.07 Å². The second kappa shape index (κ2) is 6.35. The molecule has 0 aliphatic heterocycles. The predicted octanol–water partition coefficient (Wildman–Crippen LogP) is 2.64. The Morgan fingerprint density at radius 2 is 2.20 bits per heavy atom. The molecule has 1 aromatic carbocycles. The molecule has 0 saturated heterocycles. The lowest BCUT2D eigenvalue weighted by molar-refractivity contribution is -0.384. The molecule has 20 heavy (non-hydrogen) atoms. The summed E-state index contributed by atoms with van der Waals surface area (Å²) >= 11 is 0. The molecule has 0 heterocycles. The number of nitro benzene ring substituents is 1. The third-order valence-electron chi connectivity index (χ3n) is 3.07. The predicted molar refractivity (Wildman–Crippen MR) is 78.3 cm³/mol. The molecule has 0 fully saturated rings. The van der Waals surface area contributed by atoms with Gasteiger partial charge >= 0.3 is 0 Å². The van der Waals surface area contributed by atoms with Gasteiger partial charge in [0.05, 0.1) is 16.6 Å². The van der Waals surface area contributed by atoms with Crippen LogP contribution in [0.5, 0.6) is 0 Å². The third kappa shape index (κ3) is 3.93. The number of rotatable bonds is 6. The molecule has 0 bridgehead atoms. The molecule has 0 aromatic heterocycles. The molecule has 6 nitrogen and oxygen atoms in total. The van der Waals surface area contributed by atoms with Crippen molar-refractivity contribution in [1.29, 1.82) is 5.26 Å². The van der Waals surface area contributed by atoms with Gasteiger partial charge in [-0.25, -0.2) is 0 Å². The van der Waals surface area contributed by atoms with E-state index in [4.69, 9.17) is 11.0 Å². The Morgan fingerprint density at radius 3 is 2.65 bits per heavy atom. The summed E-state index contributed by atoms with van der Waals surface area (Å²) in [5, 5.41) is 23.1. The number of hydrogen-bond donors (Lipinski definition) is 2. The van der Waals surface area contributed by atoms with Gasteiger partial charge in [-0.05, 0) is 31.4 Å². The van der Waals surface area contributed by atoms with Gasteiger partial charge < -0.3 is 11.1 Å². The van der Waals surface area contributed by atoms with E-state index in [1.165, 1.54) is 6.07 Å². The average Bonchev–Trinajstić information content (AvgIpc) is 2.38. The lowest BCUT2D eigenvalue weighted by atomic mass is 9.90. The Labute approximate surface area is 118 Å². The fraction of sp³-hybridized carbons (Fsp3) is 0.500. The van der Waals surface area contributed by atoms with Crippen molar-refractivity contribution in [2.75, 3.05) is 11.9 Å². The lowest BCUT2D eigenvalue weighted by Gasteiger charge is -2.32. The minimum atomic E-state index is -0.491. The van der Waals surface area contributed by atoms with Crippen LogP contribution in [-0.4, -0.2) is 17.0 Å². The molecule has 0 radical (unpaired) electrons. The van der Waals surface area contributed by atoms with Gasteiger partial charge in [-0.3, -0.25) is 10.1 Å². The first-order chi connectivity index (χ1) is 9.31. The number of nitrogens with two attached hydrogens (primary N) is 1. The van der Waals surface area contributed by atoms with Gasteiger partial charge in [-0.2, -0.15) is 5.26 Å². The number of hydrogen-bond acceptors (Lipinski definition) is 5. The van der Waals surface area contributed by atoms with Crippen LogP contribution in [0, 0.1) is 27.4 Å². The first-order valence-corrected chi connectivity index (χ1v) is 6.48. The SMILES string of the molecule is CC(C)CC(C)(CN)Nc1ccc(C#N)cc1[N+](=O)[O-]. The van der Waals surface area contributed by atoms with E-state index in [1.807, 2.05) is 13.0 Å². The number of nitro groups is 1. The topological polar surface area (TPSA) is 105 Å². The number of nitriles is 1. The molecule has 0 amide bonds. The minimum absolute atomic E-state index is 0.104. The van der Waals surface area contributed by atoms with Crippen LogP contribution in [0.1, 0.15) is 32.8 Å². The van der Waals surface area contributed by atoms with Crippen molar-refractivity contribution in [1.82, 2.24) is 0 Å². The van der Waals surface area contributed by atoms with E-state index >= 15 is 0 Å². The maximum absolute atomic E-state index is 11.1. The molecule has 1 unspecified atom stereocenters. The van der Waals surface area contributed by atoms with Gasteiger partial charge in [-0.1, -0.05) is 13.8 Å². The lowest BCUT2D eigenvalue weighted by Crippen LogP contribution is -2.43. The van der Waals surface area contributed by atoms with Gasteiger partial charge in [0.15, 0.2) is 0 Å². The highest BCUT2D eigenvalue weighted by atomic mass is 16.6. The van der Waals surface area contributed by atoms with Crippen LogP contribution in [0.15, 0.2) is 18.2 Å². The van der Waals surface area contributed by atoms with Crippen LogP contribution in [0.3, 0.4) is 0 Å². The number of anilines is 1. The molecule has 1 aromatic rings. The van der Waals surface area contributed by atoms with Crippen molar-refractivity contribution in [2.24, 2.45) is 11.7 Å². The number of benzene rings is 1. The summed E-state index contributed by atoms with van der Waals surface area (Å²) in [7, 11) is 0. The zero-order valence-corrected chi connectivity index (χ0v) is 12.0. The highest BCUT2D eigenvalue weighted by Crippen LogP contribution is 2.30. The molecule has 108 valence electrons. The zero-order chi connectivity index (χ0) is 15.3. The van der Waals surface area contributed by atoms with Crippen molar-refractivity contribution in [3.63, 3.8) is 0 Å². The largest absolute Gasteiger partial charge is 0.373 e. The Bertz CT molecular complexity index is 536. The number of nitrogens with zero attached hydrogens (tertiary/aromatic N) is 2. The first-order valence-electron chi connectivity index (χ1n) is 6.48. The van der Waals surface area contributed by atoms with Crippen molar-refractivity contribution in [2.45, 2.75) is 32.7 Å². The Hall–Kier alpha value is -2.13. The quantitative estimate of drug-likeness (QED) is 0.613.